The van der Waals surface area contributed by atoms with E-state index in [2.05, 4.69) is 5.32 Å². The van der Waals surface area contributed by atoms with Crippen LogP contribution in [0.3, 0.4) is 0 Å². The Balaban J connectivity index is 2.81. The zero-order valence-electron chi connectivity index (χ0n) is 11.3. The number of hydrogen-bond donors (Lipinski definition) is 1. The number of fused-ring (bicyclic) bond motifs is 1. The Morgan fingerprint density at radius 3 is 2.80 bits per heavy atom. The predicted molar refractivity (Wildman–Crippen MR) is 79.3 cm³/mol. The second kappa shape index (κ2) is 5.96. The fraction of sp³-hybridized carbons (Fsp3) is 0.308. The van der Waals surface area contributed by atoms with Gasteiger partial charge in [-0.05, 0) is 11.8 Å². The van der Waals surface area contributed by atoms with E-state index in [0.29, 0.717) is 14.9 Å². The highest BCUT2D eigenvalue weighted by atomic mass is 32.2. The average molecular weight is 293 g/mol. The van der Waals surface area contributed by atoms with Crippen LogP contribution < -0.4 is 9.74 Å². The molecule has 2 aromatic rings. The number of rotatable bonds is 4. The van der Waals surface area contributed by atoms with Crippen LogP contribution in [0, 0.1) is 10.1 Å². The van der Waals surface area contributed by atoms with Crippen LogP contribution in [0.4, 0.5) is 0 Å². The average Bonchev–Trinajstić information content (AvgIpc) is 2.48. The molecule has 0 saturated heterocycles. The van der Waals surface area contributed by atoms with Crippen LogP contribution in [0.5, 0.6) is 0 Å². The molecule has 0 spiro atoms. The van der Waals surface area contributed by atoms with Gasteiger partial charge in [-0.1, -0.05) is 19.1 Å². The molecule has 0 aliphatic rings. The van der Waals surface area contributed by atoms with Gasteiger partial charge in [0.25, 0.3) is 5.52 Å². The molecule has 0 bridgehead atoms. The first-order chi connectivity index (χ1) is 9.61. The van der Waals surface area contributed by atoms with Crippen molar-refractivity contribution >= 4 is 28.7 Å². The zero-order chi connectivity index (χ0) is 14.7. The van der Waals surface area contributed by atoms with Crippen molar-refractivity contribution in [2.75, 3.05) is 12.8 Å². The molecule has 6 nitrogen and oxygen atoms in total. The van der Waals surface area contributed by atoms with Crippen molar-refractivity contribution in [3.63, 3.8) is 0 Å². The third-order valence-electron chi connectivity index (χ3n) is 2.93. The highest BCUT2D eigenvalue weighted by Crippen LogP contribution is 2.19. The van der Waals surface area contributed by atoms with Crippen molar-refractivity contribution in [2.24, 2.45) is 0 Å². The Hall–Kier alpha value is -2.02. The summed E-state index contributed by atoms with van der Waals surface area (Å²) in [5.41, 5.74) is 0.500. The van der Waals surface area contributed by atoms with Gasteiger partial charge in [-0.2, -0.15) is 11.8 Å². The summed E-state index contributed by atoms with van der Waals surface area (Å²) in [6.45, 7) is 1.95. The van der Waals surface area contributed by atoms with Gasteiger partial charge < -0.3 is 15.3 Å². The fourth-order valence-electron chi connectivity index (χ4n) is 1.95. The number of carbonyl (C=O) groups is 1. The molecule has 0 unspecified atom stereocenters. The second-order valence-electron chi connectivity index (χ2n) is 4.09. The summed E-state index contributed by atoms with van der Waals surface area (Å²) in [4.78, 5) is 24.3. The van der Waals surface area contributed by atoms with Crippen molar-refractivity contribution in [3.8, 4) is 0 Å². The fourth-order valence-corrected chi connectivity index (χ4v) is 2.61. The van der Waals surface area contributed by atoms with Crippen molar-refractivity contribution < 1.29 is 9.22 Å². The molecule has 106 valence electrons. The third-order valence-corrected chi connectivity index (χ3v) is 3.81. The number of hydrogen-bond acceptors (Lipinski definition) is 4. The lowest BCUT2D eigenvalue weighted by molar-refractivity contribution is -0.468. The Labute approximate surface area is 120 Å². The molecule has 0 fully saturated rings. The first-order valence-corrected chi connectivity index (χ1v) is 7.33. The number of amides is 1. The minimum absolute atomic E-state index is 0.137. The van der Waals surface area contributed by atoms with Crippen molar-refractivity contribution in [3.05, 3.63) is 45.8 Å². The summed E-state index contributed by atoms with van der Waals surface area (Å²) in [6, 6.07) is 6.45. The smallest absolute Gasteiger partial charge is 0.347 e. The normalized spacial score (nSPS) is 10.7. The molecule has 0 radical (unpaired) electrons. The Morgan fingerprint density at radius 1 is 1.45 bits per heavy atom. The maximum absolute atomic E-state index is 12.4. The van der Waals surface area contributed by atoms with Crippen LogP contribution in [0.15, 0.2) is 24.3 Å². The molecule has 0 aliphatic heterocycles. The van der Waals surface area contributed by atoms with Gasteiger partial charge in [0.05, 0.1) is 4.43 Å². The summed E-state index contributed by atoms with van der Waals surface area (Å²) in [7, 11) is 1.43. The van der Waals surface area contributed by atoms with Gasteiger partial charge in [-0.25, -0.2) is 0 Å². The van der Waals surface area contributed by atoms with Gasteiger partial charge in [0.15, 0.2) is 0 Å². The SMILES string of the molecule is CCSCc1c(C(=O)NC)[n+](=O)c2ccccc2n1[O-]. The molecular weight excluding hydrogens is 278 g/mol. The van der Waals surface area contributed by atoms with Crippen molar-refractivity contribution in [1.29, 1.82) is 0 Å². The van der Waals surface area contributed by atoms with E-state index in [0.717, 1.165) is 5.75 Å². The zero-order valence-corrected chi connectivity index (χ0v) is 12.1. The van der Waals surface area contributed by atoms with Crippen LogP contribution in [0.25, 0.3) is 11.0 Å². The molecule has 2 rings (SSSR count). The molecule has 7 heteroatoms. The number of benzene rings is 1. The van der Waals surface area contributed by atoms with E-state index in [9.17, 15) is 14.9 Å². The lowest BCUT2D eigenvalue weighted by Gasteiger charge is -2.18. The molecule has 0 saturated carbocycles. The van der Waals surface area contributed by atoms with Gasteiger partial charge in [-0.15, -0.1) is 0 Å². The van der Waals surface area contributed by atoms with Crippen LogP contribution >= 0.6 is 11.8 Å². The molecule has 1 aromatic carbocycles. The van der Waals surface area contributed by atoms with Crippen LogP contribution in [-0.2, 0) is 5.75 Å². The van der Waals surface area contributed by atoms with E-state index >= 15 is 0 Å². The molecule has 20 heavy (non-hydrogen) atoms. The standard InChI is InChI=1S/C13H15N3O3S/c1-3-20-8-11-12(13(17)14-2)16(19)10-7-5-4-6-9(10)15(11)18/h4-7H,3,8H2,1-2H3,(H,14,17). The largest absolute Gasteiger partial charge is 0.805 e. The lowest BCUT2D eigenvalue weighted by atomic mass is 10.2. The number of thioether (sulfide) groups is 1. The highest BCUT2D eigenvalue weighted by Gasteiger charge is 2.27. The lowest BCUT2D eigenvalue weighted by Crippen LogP contribution is -2.36. The van der Waals surface area contributed by atoms with E-state index in [1.54, 1.807) is 18.2 Å². The summed E-state index contributed by atoms with van der Waals surface area (Å²) in [5.74, 6) is 0.552. The third kappa shape index (κ3) is 2.36. The summed E-state index contributed by atoms with van der Waals surface area (Å²) in [6.07, 6.45) is 0. The Kier molecular flexibility index (Phi) is 4.29. The summed E-state index contributed by atoms with van der Waals surface area (Å²) >= 11 is 1.48. The van der Waals surface area contributed by atoms with Crippen molar-refractivity contribution in [2.45, 2.75) is 12.7 Å². The van der Waals surface area contributed by atoms with E-state index in [1.165, 1.54) is 24.9 Å². The number of para-hydroxylation sites is 2. The van der Waals surface area contributed by atoms with E-state index < -0.39 is 5.91 Å². The maximum Gasteiger partial charge on any atom is 0.347 e. The number of aromatic nitrogens is 2. The van der Waals surface area contributed by atoms with Gasteiger partial charge in [-0.3, -0.25) is 4.79 Å². The number of nitrogens with one attached hydrogen (secondary N) is 1. The molecule has 1 heterocycles. The highest BCUT2D eigenvalue weighted by molar-refractivity contribution is 7.98. The monoisotopic (exact) mass is 293 g/mol. The van der Waals surface area contributed by atoms with Gasteiger partial charge in [0, 0.05) is 23.8 Å². The van der Waals surface area contributed by atoms with Gasteiger partial charge in [0.2, 0.25) is 0 Å². The summed E-state index contributed by atoms with van der Waals surface area (Å²) < 4.78 is 1.21. The van der Waals surface area contributed by atoms with Crippen molar-refractivity contribution in [1.82, 2.24) is 10.0 Å². The van der Waals surface area contributed by atoms with E-state index in [-0.39, 0.29) is 22.4 Å². The maximum atomic E-state index is 12.4. The topological polar surface area (TPSA) is 80.1 Å². The van der Waals surface area contributed by atoms with Crippen LogP contribution in [-0.4, -0.2) is 23.4 Å². The van der Waals surface area contributed by atoms with E-state index in [1.807, 2.05) is 6.92 Å². The van der Waals surface area contributed by atoms with Gasteiger partial charge in [0.1, 0.15) is 11.2 Å². The Bertz CT molecular complexity index is 712. The summed E-state index contributed by atoms with van der Waals surface area (Å²) in [5, 5.41) is 14.8. The second-order valence-corrected chi connectivity index (χ2v) is 5.36. The molecule has 0 atom stereocenters. The first kappa shape index (κ1) is 14.4. The number of nitrogens with zero attached hydrogens (tertiary/aromatic N) is 2. The van der Waals surface area contributed by atoms with Crippen LogP contribution in [0.1, 0.15) is 23.1 Å². The Morgan fingerprint density at radius 2 is 2.15 bits per heavy atom. The van der Waals surface area contributed by atoms with Gasteiger partial charge >= 0.3 is 11.6 Å². The molecule has 1 amide bonds. The number of carbonyl (C=O) groups excluding carboxylic acids is 1. The minimum Gasteiger partial charge on any atom is -0.805 e. The minimum atomic E-state index is -0.554. The predicted octanol–water partition coefficient (Wildman–Crippen LogP) is 1.51. The first-order valence-electron chi connectivity index (χ1n) is 6.18. The quantitative estimate of drug-likeness (QED) is 0.867. The van der Waals surface area contributed by atoms with Crippen LogP contribution in [0.2, 0.25) is 0 Å². The molecule has 0 aliphatic carbocycles. The molecular formula is C13H15N3O3S. The molecule has 1 N–H and O–H groups in total. The van der Waals surface area contributed by atoms with E-state index in [4.69, 9.17) is 0 Å². The molecule has 1 aromatic heterocycles.